The Kier molecular flexibility index (Phi) is 4.34. The van der Waals surface area contributed by atoms with Gasteiger partial charge in [-0.1, -0.05) is 6.58 Å². The Hall–Kier alpha value is -1.13. The van der Waals surface area contributed by atoms with Crippen LogP contribution in [-0.2, 0) is 6.54 Å². The summed E-state index contributed by atoms with van der Waals surface area (Å²) in [5, 5.41) is 7.70. The molecule has 2 rings (SSSR count). The zero-order valence-electron chi connectivity index (χ0n) is 10.6. The topological polar surface area (TPSA) is 33.1 Å². The van der Waals surface area contributed by atoms with Crippen molar-refractivity contribution in [3.8, 4) is 0 Å². The van der Waals surface area contributed by atoms with E-state index < -0.39 is 0 Å². The van der Waals surface area contributed by atoms with Gasteiger partial charge in [0.05, 0.1) is 6.20 Å². The van der Waals surface area contributed by atoms with Gasteiger partial charge in [-0.15, -0.1) is 0 Å². The van der Waals surface area contributed by atoms with E-state index >= 15 is 0 Å². The van der Waals surface area contributed by atoms with Crippen LogP contribution in [0.3, 0.4) is 0 Å². The molecule has 1 aromatic heterocycles. The molecule has 17 heavy (non-hydrogen) atoms. The first kappa shape index (κ1) is 12.3. The van der Waals surface area contributed by atoms with Gasteiger partial charge in [-0.25, -0.2) is 4.68 Å². The Bertz CT molecular complexity index is 352. The molecule has 1 N–H and O–H groups in total. The summed E-state index contributed by atoms with van der Waals surface area (Å²) in [5.41, 5.74) is 1.21. The largest absolute Gasteiger partial charge is 0.309 e. The number of nitrogens with one attached hydrogen (secondary N) is 1. The molecule has 0 aromatic carbocycles. The third-order valence-electron chi connectivity index (χ3n) is 3.23. The number of likely N-dealkylation sites (tertiary alicyclic amines) is 1. The highest BCUT2D eigenvalue weighted by molar-refractivity contribution is 5.17. The molecule has 1 aliphatic heterocycles. The van der Waals surface area contributed by atoms with Gasteiger partial charge >= 0.3 is 0 Å². The molecule has 0 aliphatic carbocycles. The molecular formula is C13H22N4. The highest BCUT2D eigenvalue weighted by atomic mass is 15.2. The van der Waals surface area contributed by atoms with Crippen LogP contribution in [0, 0.1) is 0 Å². The summed E-state index contributed by atoms with van der Waals surface area (Å²) in [4.78, 5) is 2.53. The van der Waals surface area contributed by atoms with Gasteiger partial charge in [0.15, 0.2) is 0 Å². The maximum absolute atomic E-state index is 4.16. The molecule has 0 amide bonds. The van der Waals surface area contributed by atoms with Gasteiger partial charge in [0.1, 0.15) is 0 Å². The minimum absolute atomic E-state index is 0.528. The van der Waals surface area contributed by atoms with E-state index in [1.807, 2.05) is 12.4 Å². The lowest BCUT2D eigenvalue weighted by molar-refractivity contribution is 0.298. The standard InChI is InChI=1S/C13H22N4/c1-3-17-11-13(9-15-17)8-14-12(2)10-16-6-4-5-7-16/h3,9,11-12,14H,1,4-8,10H2,2H3. The maximum Gasteiger partial charge on any atom is 0.0538 e. The lowest BCUT2D eigenvalue weighted by Crippen LogP contribution is -2.37. The lowest BCUT2D eigenvalue weighted by atomic mass is 10.3. The molecule has 0 bridgehead atoms. The summed E-state index contributed by atoms with van der Waals surface area (Å²) in [6, 6.07) is 0.528. The van der Waals surface area contributed by atoms with E-state index in [2.05, 4.69) is 28.8 Å². The minimum Gasteiger partial charge on any atom is -0.309 e. The highest BCUT2D eigenvalue weighted by Gasteiger charge is 2.14. The van der Waals surface area contributed by atoms with Gasteiger partial charge in [0.2, 0.25) is 0 Å². The first-order valence-electron chi connectivity index (χ1n) is 6.39. The molecular weight excluding hydrogens is 212 g/mol. The molecule has 0 spiro atoms. The Morgan fingerprint density at radius 3 is 2.94 bits per heavy atom. The fraction of sp³-hybridized carbons (Fsp3) is 0.615. The van der Waals surface area contributed by atoms with Crippen molar-refractivity contribution in [2.45, 2.75) is 32.4 Å². The van der Waals surface area contributed by atoms with E-state index in [1.165, 1.54) is 31.5 Å². The van der Waals surface area contributed by atoms with E-state index in [9.17, 15) is 0 Å². The van der Waals surface area contributed by atoms with Gasteiger partial charge < -0.3 is 10.2 Å². The van der Waals surface area contributed by atoms with Gasteiger partial charge in [-0.3, -0.25) is 0 Å². The van der Waals surface area contributed by atoms with E-state index in [-0.39, 0.29) is 0 Å². The second kappa shape index (κ2) is 5.98. The Morgan fingerprint density at radius 2 is 2.29 bits per heavy atom. The van der Waals surface area contributed by atoms with Crippen LogP contribution in [0.15, 0.2) is 19.0 Å². The summed E-state index contributed by atoms with van der Waals surface area (Å²) >= 11 is 0. The number of aromatic nitrogens is 2. The third-order valence-corrected chi connectivity index (χ3v) is 3.23. The molecule has 1 saturated heterocycles. The molecule has 4 nitrogen and oxygen atoms in total. The average molecular weight is 234 g/mol. The first-order valence-corrected chi connectivity index (χ1v) is 6.39. The van der Waals surface area contributed by atoms with Crippen LogP contribution < -0.4 is 5.32 Å². The summed E-state index contributed by atoms with van der Waals surface area (Å²) in [6.45, 7) is 10.5. The Morgan fingerprint density at radius 1 is 1.53 bits per heavy atom. The number of rotatable bonds is 6. The van der Waals surface area contributed by atoms with Crippen molar-refractivity contribution in [1.82, 2.24) is 20.0 Å². The molecule has 0 saturated carbocycles. The molecule has 1 aliphatic rings. The zero-order valence-corrected chi connectivity index (χ0v) is 10.6. The van der Waals surface area contributed by atoms with Gasteiger partial charge in [-0.05, 0) is 32.9 Å². The zero-order chi connectivity index (χ0) is 12.1. The Balaban J connectivity index is 1.71. The van der Waals surface area contributed by atoms with Gasteiger partial charge in [0.25, 0.3) is 0 Å². The molecule has 1 fully saturated rings. The van der Waals surface area contributed by atoms with Crippen LogP contribution in [0.4, 0.5) is 0 Å². The summed E-state index contributed by atoms with van der Waals surface area (Å²) in [5.74, 6) is 0. The van der Waals surface area contributed by atoms with E-state index in [4.69, 9.17) is 0 Å². The molecule has 0 radical (unpaired) electrons. The summed E-state index contributed by atoms with van der Waals surface area (Å²) < 4.78 is 1.74. The highest BCUT2D eigenvalue weighted by Crippen LogP contribution is 2.07. The molecule has 1 aromatic rings. The predicted molar refractivity (Wildman–Crippen MR) is 70.6 cm³/mol. The van der Waals surface area contributed by atoms with Crippen molar-refractivity contribution in [2.24, 2.45) is 0 Å². The van der Waals surface area contributed by atoms with E-state index in [0.29, 0.717) is 6.04 Å². The van der Waals surface area contributed by atoms with Crippen molar-refractivity contribution in [1.29, 1.82) is 0 Å². The number of nitrogens with zero attached hydrogens (tertiary/aromatic N) is 3. The maximum atomic E-state index is 4.16. The summed E-state index contributed by atoms with van der Waals surface area (Å²) in [6.07, 6.45) is 8.31. The van der Waals surface area contributed by atoms with Gasteiger partial charge in [-0.2, -0.15) is 5.10 Å². The summed E-state index contributed by atoms with van der Waals surface area (Å²) in [7, 11) is 0. The number of hydrogen-bond acceptors (Lipinski definition) is 3. The lowest BCUT2D eigenvalue weighted by Gasteiger charge is -2.20. The van der Waals surface area contributed by atoms with Crippen molar-refractivity contribution in [3.63, 3.8) is 0 Å². The minimum atomic E-state index is 0.528. The Labute approximate surface area is 103 Å². The predicted octanol–water partition coefficient (Wildman–Crippen LogP) is 1.56. The fourth-order valence-corrected chi connectivity index (χ4v) is 2.28. The average Bonchev–Trinajstić information content (AvgIpc) is 2.96. The fourth-order valence-electron chi connectivity index (χ4n) is 2.28. The molecule has 2 heterocycles. The molecule has 4 heteroatoms. The third kappa shape index (κ3) is 3.68. The molecule has 1 unspecified atom stereocenters. The van der Waals surface area contributed by atoms with Crippen LogP contribution in [0.2, 0.25) is 0 Å². The molecule has 1 atom stereocenters. The van der Waals surface area contributed by atoms with Crippen molar-refractivity contribution < 1.29 is 0 Å². The normalized spacial score (nSPS) is 18.4. The van der Waals surface area contributed by atoms with E-state index in [1.54, 1.807) is 10.9 Å². The van der Waals surface area contributed by atoms with Crippen molar-refractivity contribution >= 4 is 6.20 Å². The quantitative estimate of drug-likeness (QED) is 0.811. The monoisotopic (exact) mass is 234 g/mol. The first-order chi connectivity index (χ1) is 8.28. The van der Waals surface area contributed by atoms with Crippen LogP contribution in [0.1, 0.15) is 25.3 Å². The van der Waals surface area contributed by atoms with E-state index in [0.717, 1.165) is 13.1 Å². The SMILES string of the molecule is C=Cn1cc(CNC(C)CN2CCCC2)cn1. The van der Waals surface area contributed by atoms with Crippen LogP contribution in [-0.4, -0.2) is 40.4 Å². The number of hydrogen-bond donors (Lipinski definition) is 1. The van der Waals surface area contributed by atoms with Crippen molar-refractivity contribution in [2.75, 3.05) is 19.6 Å². The van der Waals surface area contributed by atoms with Gasteiger partial charge in [0, 0.05) is 37.1 Å². The molecule has 94 valence electrons. The van der Waals surface area contributed by atoms with Crippen LogP contribution in [0.5, 0.6) is 0 Å². The van der Waals surface area contributed by atoms with Crippen molar-refractivity contribution in [3.05, 3.63) is 24.5 Å². The second-order valence-corrected chi connectivity index (χ2v) is 4.80. The van der Waals surface area contributed by atoms with Crippen LogP contribution >= 0.6 is 0 Å². The second-order valence-electron chi connectivity index (χ2n) is 4.80. The smallest absolute Gasteiger partial charge is 0.0538 e. The van der Waals surface area contributed by atoms with Crippen LogP contribution in [0.25, 0.3) is 6.20 Å².